The van der Waals surface area contributed by atoms with E-state index in [2.05, 4.69) is 15.4 Å². The third kappa shape index (κ3) is 4.37. The fourth-order valence-electron chi connectivity index (χ4n) is 4.24. The zero-order valence-corrected chi connectivity index (χ0v) is 19.6. The third-order valence-electron chi connectivity index (χ3n) is 6.30. The SMILES string of the molecule is Cc1ccc(F)c(-c2nc(C(=O)Nc3cnn(C4CC4)c3N3CC[C@H](N)[C@@H](F)CC3)c(N)s2)c1. The minimum absolute atomic E-state index is 0.0349. The third-order valence-corrected chi connectivity index (χ3v) is 7.22. The highest BCUT2D eigenvalue weighted by atomic mass is 32.1. The van der Waals surface area contributed by atoms with Gasteiger partial charge in [0.25, 0.3) is 5.91 Å². The zero-order valence-electron chi connectivity index (χ0n) is 18.8. The number of hydrogen-bond acceptors (Lipinski definition) is 7. The molecule has 1 saturated carbocycles. The molecule has 11 heteroatoms. The van der Waals surface area contributed by atoms with Crippen LogP contribution < -0.4 is 21.7 Å². The Balaban J connectivity index is 1.42. The van der Waals surface area contributed by atoms with Crippen LogP contribution in [0.5, 0.6) is 0 Å². The molecule has 2 atom stereocenters. The summed E-state index contributed by atoms with van der Waals surface area (Å²) < 4.78 is 30.5. The van der Waals surface area contributed by atoms with Gasteiger partial charge in [-0.3, -0.25) is 4.79 Å². The second-order valence-electron chi connectivity index (χ2n) is 8.97. The maximum Gasteiger partial charge on any atom is 0.277 e. The minimum Gasteiger partial charge on any atom is -0.389 e. The molecule has 1 saturated heterocycles. The van der Waals surface area contributed by atoms with Gasteiger partial charge in [-0.15, -0.1) is 0 Å². The first-order chi connectivity index (χ1) is 16.3. The number of nitrogens with two attached hydrogens (primary N) is 2. The molecule has 2 fully saturated rings. The number of aryl methyl sites for hydroxylation is 1. The number of anilines is 3. The minimum atomic E-state index is -1.06. The van der Waals surface area contributed by atoms with Crippen LogP contribution in [0.1, 0.15) is 47.8 Å². The Morgan fingerprint density at radius 2 is 2.00 bits per heavy atom. The van der Waals surface area contributed by atoms with Crippen molar-refractivity contribution in [3.63, 3.8) is 0 Å². The van der Waals surface area contributed by atoms with Crippen molar-refractivity contribution in [2.45, 2.75) is 50.9 Å². The number of alkyl halides is 1. The van der Waals surface area contributed by atoms with E-state index in [0.29, 0.717) is 42.2 Å². The van der Waals surface area contributed by atoms with E-state index in [9.17, 15) is 13.6 Å². The molecule has 8 nitrogen and oxygen atoms in total. The smallest absolute Gasteiger partial charge is 0.277 e. The lowest BCUT2D eigenvalue weighted by atomic mass is 10.1. The van der Waals surface area contributed by atoms with Crippen molar-refractivity contribution >= 4 is 33.8 Å². The second kappa shape index (κ2) is 8.95. The second-order valence-corrected chi connectivity index (χ2v) is 10.0. The fraction of sp³-hybridized carbons (Fsp3) is 0.435. The van der Waals surface area contributed by atoms with Crippen LogP contribution in [-0.4, -0.2) is 46.0 Å². The van der Waals surface area contributed by atoms with E-state index in [0.717, 1.165) is 35.6 Å². The number of halogens is 2. The van der Waals surface area contributed by atoms with Gasteiger partial charge >= 0.3 is 0 Å². The molecule has 0 bridgehead atoms. The number of thiazole rings is 1. The Kier molecular flexibility index (Phi) is 5.98. The van der Waals surface area contributed by atoms with Gasteiger partial charge in [-0.1, -0.05) is 23.0 Å². The quantitative estimate of drug-likeness (QED) is 0.503. The van der Waals surface area contributed by atoms with Crippen LogP contribution >= 0.6 is 11.3 Å². The van der Waals surface area contributed by atoms with Crippen LogP contribution in [0.15, 0.2) is 24.4 Å². The lowest BCUT2D eigenvalue weighted by Crippen LogP contribution is -2.31. The highest BCUT2D eigenvalue weighted by Crippen LogP contribution is 2.41. The molecule has 1 aromatic carbocycles. The van der Waals surface area contributed by atoms with Gasteiger partial charge in [-0.25, -0.2) is 18.4 Å². The van der Waals surface area contributed by atoms with Crippen molar-refractivity contribution in [1.29, 1.82) is 0 Å². The number of amides is 1. The van der Waals surface area contributed by atoms with Crippen LogP contribution in [0.3, 0.4) is 0 Å². The zero-order chi connectivity index (χ0) is 24.0. The Hall–Kier alpha value is -3.05. The van der Waals surface area contributed by atoms with Crippen molar-refractivity contribution < 1.29 is 13.6 Å². The topological polar surface area (TPSA) is 115 Å². The summed E-state index contributed by atoms with van der Waals surface area (Å²) in [6.07, 6.45) is 3.38. The highest BCUT2D eigenvalue weighted by Gasteiger charge is 2.33. The Bertz CT molecular complexity index is 1210. The average Bonchev–Trinajstić information content (AvgIpc) is 3.50. The monoisotopic (exact) mass is 487 g/mol. The van der Waals surface area contributed by atoms with Crippen LogP contribution in [0.4, 0.5) is 25.3 Å². The summed E-state index contributed by atoms with van der Waals surface area (Å²) in [5, 5.41) is 7.93. The van der Waals surface area contributed by atoms with Crippen molar-refractivity contribution in [1.82, 2.24) is 14.8 Å². The molecule has 5 N–H and O–H groups in total. The Morgan fingerprint density at radius 1 is 1.24 bits per heavy atom. The number of nitrogen functional groups attached to an aromatic ring is 1. The molecule has 3 aromatic rings. The van der Waals surface area contributed by atoms with E-state index in [4.69, 9.17) is 11.5 Å². The van der Waals surface area contributed by atoms with Gasteiger partial charge in [0, 0.05) is 24.7 Å². The first kappa shape index (κ1) is 22.7. The van der Waals surface area contributed by atoms with Gasteiger partial charge < -0.3 is 21.7 Å². The number of nitrogens with one attached hydrogen (secondary N) is 1. The van der Waals surface area contributed by atoms with E-state index < -0.39 is 23.9 Å². The van der Waals surface area contributed by atoms with Crippen molar-refractivity contribution in [3.8, 4) is 10.6 Å². The van der Waals surface area contributed by atoms with E-state index in [-0.39, 0.29) is 16.7 Å². The van der Waals surface area contributed by atoms with E-state index in [1.807, 2.05) is 16.5 Å². The van der Waals surface area contributed by atoms with Gasteiger partial charge in [-0.2, -0.15) is 5.10 Å². The van der Waals surface area contributed by atoms with Gasteiger partial charge in [0.05, 0.1) is 12.2 Å². The number of nitrogens with zero attached hydrogens (tertiary/aromatic N) is 4. The summed E-state index contributed by atoms with van der Waals surface area (Å²) in [4.78, 5) is 19.5. The average molecular weight is 488 g/mol. The van der Waals surface area contributed by atoms with Crippen molar-refractivity contribution in [2.24, 2.45) is 5.73 Å². The number of carbonyl (C=O) groups is 1. The highest BCUT2D eigenvalue weighted by molar-refractivity contribution is 7.19. The molecule has 180 valence electrons. The first-order valence-electron chi connectivity index (χ1n) is 11.4. The van der Waals surface area contributed by atoms with Gasteiger partial charge in [-0.05, 0) is 44.7 Å². The molecular formula is C23H27F2N7OS. The molecule has 0 radical (unpaired) electrons. The van der Waals surface area contributed by atoms with Gasteiger partial charge in [0.1, 0.15) is 27.7 Å². The maximum absolute atomic E-state index is 14.3. The predicted molar refractivity (Wildman–Crippen MR) is 129 cm³/mol. The number of hydrogen-bond donors (Lipinski definition) is 3. The number of benzene rings is 1. The predicted octanol–water partition coefficient (Wildman–Crippen LogP) is 3.89. The van der Waals surface area contributed by atoms with E-state index in [1.165, 1.54) is 6.07 Å². The summed E-state index contributed by atoms with van der Waals surface area (Å²) in [7, 11) is 0. The number of aromatic nitrogens is 3. The molecule has 1 aliphatic carbocycles. The van der Waals surface area contributed by atoms with Crippen molar-refractivity contribution in [3.05, 3.63) is 41.5 Å². The van der Waals surface area contributed by atoms with Crippen LogP contribution in [0, 0.1) is 12.7 Å². The van der Waals surface area contributed by atoms with Crippen LogP contribution in [-0.2, 0) is 0 Å². The summed E-state index contributed by atoms with van der Waals surface area (Å²) >= 11 is 1.06. The lowest BCUT2D eigenvalue weighted by Gasteiger charge is -2.25. The number of carbonyl (C=O) groups excluding carboxylic acids is 1. The molecule has 5 rings (SSSR count). The summed E-state index contributed by atoms with van der Waals surface area (Å²) in [6.45, 7) is 2.90. The maximum atomic E-state index is 14.3. The van der Waals surface area contributed by atoms with E-state index >= 15 is 0 Å². The standard InChI is InChI=1S/C23H27F2N7OS/c1-12-2-5-15(24)14(10-12)22-30-19(20(27)34-22)21(33)29-18-11-28-32(13-3-4-13)23(18)31-8-6-16(25)17(26)7-9-31/h2,5,10-11,13,16-17H,3-4,6-9,26-27H2,1H3,(H,29,33)/t16-,17-/m0/s1. The molecule has 1 amide bonds. The summed E-state index contributed by atoms with van der Waals surface area (Å²) in [5.41, 5.74) is 13.8. The Labute approximate surface area is 199 Å². The molecule has 1 aliphatic heterocycles. The molecule has 2 aliphatic rings. The van der Waals surface area contributed by atoms with E-state index in [1.54, 1.807) is 18.3 Å². The Morgan fingerprint density at radius 3 is 2.76 bits per heavy atom. The van der Waals surface area contributed by atoms with Gasteiger partial charge in [0.15, 0.2) is 11.5 Å². The van der Waals surface area contributed by atoms with Gasteiger partial charge in [0.2, 0.25) is 0 Å². The molecule has 0 unspecified atom stereocenters. The summed E-state index contributed by atoms with van der Waals surface area (Å²) in [5.74, 6) is -0.180. The number of rotatable bonds is 5. The van der Waals surface area contributed by atoms with Crippen molar-refractivity contribution in [2.75, 3.05) is 29.0 Å². The normalized spacial score (nSPS) is 20.9. The largest absolute Gasteiger partial charge is 0.389 e. The molecule has 0 spiro atoms. The first-order valence-corrected chi connectivity index (χ1v) is 12.2. The lowest BCUT2D eigenvalue weighted by molar-refractivity contribution is 0.102. The fourth-order valence-corrected chi connectivity index (χ4v) is 5.09. The van der Waals surface area contributed by atoms with Crippen LogP contribution in [0.25, 0.3) is 10.6 Å². The summed E-state index contributed by atoms with van der Waals surface area (Å²) in [6, 6.07) is 4.48. The molecule has 34 heavy (non-hydrogen) atoms. The molecular weight excluding hydrogens is 460 g/mol. The molecule has 3 heterocycles. The molecule has 2 aromatic heterocycles. The van der Waals surface area contributed by atoms with Crippen LogP contribution in [0.2, 0.25) is 0 Å².